The first-order valence-electron chi connectivity index (χ1n) is 8.00. The fourth-order valence-electron chi connectivity index (χ4n) is 3.71. The van der Waals surface area contributed by atoms with Crippen molar-refractivity contribution >= 4 is 12.0 Å². The molecule has 1 heterocycles. The van der Waals surface area contributed by atoms with Crippen LogP contribution in [0.1, 0.15) is 25.3 Å². The molecule has 0 bridgehead atoms. The molecule has 2 aliphatic rings. The normalized spacial score (nSPS) is 38.9. The average Bonchev–Trinajstić information content (AvgIpc) is 2.72. The standard InChI is InChI=1S/C18H22O6/c1-17(24-15(20)8-7-12-5-3-2-4-6-12)9-14(19)18(22)10-16(21)23-11-13(17)18/h2-8,13-14,16,19,21-22H,9-11H2,1H3/b8-7+/t13-,14-,16+,17+,18+/m1/s1. The molecule has 0 radical (unpaired) electrons. The van der Waals surface area contributed by atoms with Crippen LogP contribution >= 0.6 is 0 Å². The second-order valence-electron chi connectivity index (χ2n) is 6.73. The van der Waals surface area contributed by atoms with Crippen LogP contribution in [-0.2, 0) is 14.3 Å². The highest BCUT2D eigenvalue weighted by atomic mass is 16.6. The maximum atomic E-state index is 12.2. The van der Waals surface area contributed by atoms with E-state index in [2.05, 4.69) is 0 Å². The summed E-state index contributed by atoms with van der Waals surface area (Å²) in [5.41, 5.74) is -1.71. The number of aliphatic hydroxyl groups is 3. The van der Waals surface area contributed by atoms with Gasteiger partial charge in [0.15, 0.2) is 6.29 Å². The quantitative estimate of drug-likeness (QED) is 0.560. The average molecular weight is 334 g/mol. The molecule has 6 heteroatoms. The number of carbonyl (C=O) groups excluding carboxylic acids is 1. The molecule has 0 aromatic heterocycles. The molecule has 0 unspecified atom stereocenters. The van der Waals surface area contributed by atoms with Gasteiger partial charge in [-0.1, -0.05) is 30.3 Å². The van der Waals surface area contributed by atoms with E-state index in [0.717, 1.165) is 5.56 Å². The van der Waals surface area contributed by atoms with Crippen LogP contribution in [0.5, 0.6) is 0 Å². The molecule has 130 valence electrons. The highest BCUT2D eigenvalue weighted by molar-refractivity contribution is 5.87. The smallest absolute Gasteiger partial charge is 0.331 e. The predicted octanol–water partition coefficient (Wildman–Crippen LogP) is 0.852. The molecule has 3 rings (SSSR count). The number of fused-ring (bicyclic) bond motifs is 1. The van der Waals surface area contributed by atoms with Crippen molar-refractivity contribution < 1.29 is 29.6 Å². The molecule has 2 fully saturated rings. The van der Waals surface area contributed by atoms with Gasteiger partial charge in [-0.3, -0.25) is 0 Å². The molecule has 1 aliphatic heterocycles. The Morgan fingerprint density at radius 1 is 1.29 bits per heavy atom. The Kier molecular flexibility index (Phi) is 4.48. The third-order valence-electron chi connectivity index (χ3n) is 5.02. The van der Waals surface area contributed by atoms with Crippen LogP contribution in [0, 0.1) is 5.92 Å². The highest BCUT2D eigenvalue weighted by Crippen LogP contribution is 2.50. The van der Waals surface area contributed by atoms with Crippen LogP contribution in [0.3, 0.4) is 0 Å². The van der Waals surface area contributed by atoms with E-state index in [1.54, 1.807) is 13.0 Å². The van der Waals surface area contributed by atoms with Crippen molar-refractivity contribution in [3.63, 3.8) is 0 Å². The minimum absolute atomic E-state index is 0.0148. The third kappa shape index (κ3) is 3.10. The van der Waals surface area contributed by atoms with E-state index in [1.165, 1.54) is 6.08 Å². The monoisotopic (exact) mass is 334 g/mol. The number of rotatable bonds is 3. The lowest BCUT2D eigenvalue weighted by molar-refractivity contribution is -0.240. The maximum Gasteiger partial charge on any atom is 0.331 e. The van der Waals surface area contributed by atoms with E-state index in [4.69, 9.17) is 9.47 Å². The van der Waals surface area contributed by atoms with Gasteiger partial charge in [-0.05, 0) is 18.6 Å². The van der Waals surface area contributed by atoms with Crippen molar-refractivity contribution in [2.45, 2.75) is 43.4 Å². The van der Waals surface area contributed by atoms with E-state index in [9.17, 15) is 20.1 Å². The van der Waals surface area contributed by atoms with Gasteiger partial charge in [-0.15, -0.1) is 0 Å². The van der Waals surface area contributed by atoms with Gasteiger partial charge >= 0.3 is 5.97 Å². The molecule has 0 spiro atoms. The molecular formula is C18H22O6. The van der Waals surface area contributed by atoms with Crippen molar-refractivity contribution in [3.05, 3.63) is 42.0 Å². The molecule has 1 aromatic rings. The van der Waals surface area contributed by atoms with Crippen LogP contribution < -0.4 is 0 Å². The minimum Gasteiger partial charge on any atom is -0.456 e. The largest absolute Gasteiger partial charge is 0.456 e. The lowest BCUT2D eigenvalue weighted by Gasteiger charge is -2.42. The number of hydrogen-bond donors (Lipinski definition) is 3. The fraction of sp³-hybridized carbons (Fsp3) is 0.500. The summed E-state index contributed by atoms with van der Waals surface area (Å²) in [6.45, 7) is 1.69. The summed E-state index contributed by atoms with van der Waals surface area (Å²) < 4.78 is 10.7. The Hall–Kier alpha value is -1.73. The van der Waals surface area contributed by atoms with Gasteiger partial charge in [0.2, 0.25) is 0 Å². The second kappa shape index (κ2) is 6.29. The van der Waals surface area contributed by atoms with Crippen LogP contribution in [0.4, 0.5) is 0 Å². The van der Waals surface area contributed by atoms with Gasteiger partial charge in [0.05, 0.1) is 18.6 Å². The van der Waals surface area contributed by atoms with E-state index < -0.39 is 35.5 Å². The molecule has 6 nitrogen and oxygen atoms in total. The van der Waals surface area contributed by atoms with Crippen molar-refractivity contribution in [1.29, 1.82) is 0 Å². The Balaban J connectivity index is 1.72. The molecular weight excluding hydrogens is 312 g/mol. The first kappa shape index (κ1) is 17.1. The second-order valence-corrected chi connectivity index (χ2v) is 6.73. The molecule has 1 saturated heterocycles. The van der Waals surface area contributed by atoms with Crippen LogP contribution in [-0.4, -0.2) is 51.5 Å². The maximum absolute atomic E-state index is 12.2. The molecule has 24 heavy (non-hydrogen) atoms. The third-order valence-corrected chi connectivity index (χ3v) is 5.02. The number of aliphatic hydroxyl groups excluding tert-OH is 2. The summed E-state index contributed by atoms with van der Waals surface area (Å²) in [6, 6.07) is 9.34. The Bertz CT molecular complexity index is 630. The lowest BCUT2D eigenvalue weighted by Crippen LogP contribution is -2.55. The van der Waals surface area contributed by atoms with E-state index in [0.29, 0.717) is 0 Å². The van der Waals surface area contributed by atoms with Crippen molar-refractivity contribution in [1.82, 2.24) is 0 Å². The van der Waals surface area contributed by atoms with E-state index >= 15 is 0 Å². The number of benzene rings is 1. The number of ether oxygens (including phenoxy) is 2. The summed E-state index contributed by atoms with van der Waals surface area (Å²) in [5, 5.41) is 30.5. The van der Waals surface area contributed by atoms with Gasteiger partial charge in [0, 0.05) is 18.9 Å². The zero-order valence-electron chi connectivity index (χ0n) is 13.5. The number of esters is 1. The minimum atomic E-state index is -1.52. The molecule has 1 aliphatic carbocycles. The first-order chi connectivity index (χ1) is 11.3. The Morgan fingerprint density at radius 2 is 2.00 bits per heavy atom. The fourth-order valence-corrected chi connectivity index (χ4v) is 3.71. The van der Waals surface area contributed by atoms with Crippen LogP contribution in [0.2, 0.25) is 0 Å². The molecule has 5 atom stereocenters. The Labute approximate surface area is 140 Å². The number of carbonyl (C=O) groups is 1. The van der Waals surface area contributed by atoms with E-state index in [-0.39, 0.29) is 19.4 Å². The zero-order valence-corrected chi connectivity index (χ0v) is 13.5. The zero-order chi connectivity index (χ0) is 17.4. The van der Waals surface area contributed by atoms with Gasteiger partial charge in [-0.25, -0.2) is 4.79 Å². The van der Waals surface area contributed by atoms with Crippen molar-refractivity contribution in [3.8, 4) is 0 Å². The van der Waals surface area contributed by atoms with Crippen molar-refractivity contribution in [2.24, 2.45) is 5.92 Å². The first-order valence-corrected chi connectivity index (χ1v) is 8.00. The summed E-state index contributed by atoms with van der Waals surface area (Å²) in [6.07, 6.45) is 0.739. The molecule has 1 aromatic carbocycles. The summed E-state index contributed by atoms with van der Waals surface area (Å²) >= 11 is 0. The topological polar surface area (TPSA) is 96.2 Å². The van der Waals surface area contributed by atoms with Gasteiger partial charge in [0.25, 0.3) is 0 Å². The van der Waals surface area contributed by atoms with Crippen LogP contribution in [0.15, 0.2) is 36.4 Å². The Morgan fingerprint density at radius 3 is 2.71 bits per heavy atom. The number of hydrogen-bond acceptors (Lipinski definition) is 6. The van der Waals surface area contributed by atoms with E-state index in [1.807, 2.05) is 30.3 Å². The lowest BCUT2D eigenvalue weighted by atomic mass is 9.80. The van der Waals surface area contributed by atoms with Gasteiger partial charge < -0.3 is 24.8 Å². The van der Waals surface area contributed by atoms with Crippen molar-refractivity contribution in [2.75, 3.05) is 6.61 Å². The highest BCUT2D eigenvalue weighted by Gasteiger charge is 2.63. The predicted molar refractivity (Wildman–Crippen MR) is 85.6 cm³/mol. The summed E-state index contributed by atoms with van der Waals surface area (Å²) in [7, 11) is 0. The van der Waals surface area contributed by atoms with Crippen LogP contribution in [0.25, 0.3) is 6.08 Å². The SMILES string of the molecule is C[C@]1(OC(=O)/C=C/c2ccccc2)C[C@@H](O)[C@]2(O)C[C@@H](O)OC[C@@H]21. The van der Waals surface area contributed by atoms with Gasteiger partial charge in [-0.2, -0.15) is 0 Å². The molecule has 1 saturated carbocycles. The molecule has 3 N–H and O–H groups in total. The summed E-state index contributed by atoms with van der Waals surface area (Å²) in [5.74, 6) is -1.15. The molecule has 0 amide bonds. The summed E-state index contributed by atoms with van der Waals surface area (Å²) in [4.78, 5) is 12.2. The van der Waals surface area contributed by atoms with Gasteiger partial charge in [0.1, 0.15) is 11.2 Å².